The van der Waals surface area contributed by atoms with Crippen LogP contribution in [0.25, 0.3) is 10.6 Å². The summed E-state index contributed by atoms with van der Waals surface area (Å²) in [5, 5.41) is 19.7. The van der Waals surface area contributed by atoms with Crippen LogP contribution >= 0.6 is 22.7 Å². The third-order valence-electron chi connectivity index (χ3n) is 3.80. The number of thiazole rings is 1. The van der Waals surface area contributed by atoms with E-state index in [9.17, 15) is 9.90 Å². The normalized spacial score (nSPS) is 22.7. The minimum Gasteiger partial charge on any atom is -0.391 e. The molecule has 0 spiro atoms. The fourth-order valence-electron chi connectivity index (χ4n) is 2.60. The van der Waals surface area contributed by atoms with Gasteiger partial charge < -0.3 is 10.4 Å². The van der Waals surface area contributed by atoms with E-state index in [-0.39, 0.29) is 11.9 Å². The summed E-state index contributed by atoms with van der Waals surface area (Å²) < 4.78 is 0. The van der Waals surface area contributed by atoms with Crippen molar-refractivity contribution in [2.24, 2.45) is 0 Å². The lowest BCUT2D eigenvalue weighted by molar-refractivity contribution is 0.0815. The average Bonchev–Trinajstić information content (AvgIpc) is 3.12. The molecule has 2 atom stereocenters. The van der Waals surface area contributed by atoms with Gasteiger partial charge in [-0.2, -0.15) is 11.3 Å². The molecule has 112 valence electrons. The minimum absolute atomic E-state index is 0.147. The Balaban J connectivity index is 1.67. The topological polar surface area (TPSA) is 62.2 Å². The summed E-state index contributed by atoms with van der Waals surface area (Å²) in [6, 6.07) is 1.85. The van der Waals surface area contributed by atoms with Crippen molar-refractivity contribution >= 4 is 28.6 Å². The van der Waals surface area contributed by atoms with Crippen molar-refractivity contribution in [1.29, 1.82) is 0 Å². The fourth-order valence-corrected chi connectivity index (χ4v) is 4.11. The van der Waals surface area contributed by atoms with E-state index in [1.54, 1.807) is 16.7 Å². The maximum Gasteiger partial charge on any atom is 0.271 e. The average molecular weight is 322 g/mol. The Morgan fingerprint density at radius 3 is 2.95 bits per heavy atom. The summed E-state index contributed by atoms with van der Waals surface area (Å²) in [5.74, 6) is -0.182. The van der Waals surface area contributed by atoms with Crippen LogP contribution in [0, 0.1) is 0 Å². The molecule has 2 unspecified atom stereocenters. The number of nitrogens with one attached hydrogen (secondary N) is 1. The van der Waals surface area contributed by atoms with E-state index in [4.69, 9.17) is 0 Å². The second kappa shape index (κ2) is 6.68. The van der Waals surface area contributed by atoms with Gasteiger partial charge in [0, 0.05) is 16.3 Å². The lowest BCUT2D eigenvalue weighted by Gasteiger charge is -2.21. The SMILES string of the molecule is O=C(NC1CCCCCC1O)c1csc(-c2ccsc2)n1. The molecule has 3 rings (SSSR count). The number of aliphatic hydroxyl groups is 1. The minimum atomic E-state index is -0.438. The molecule has 1 aliphatic rings. The lowest BCUT2D eigenvalue weighted by Crippen LogP contribution is -2.42. The van der Waals surface area contributed by atoms with Crippen molar-refractivity contribution in [2.45, 2.75) is 44.2 Å². The van der Waals surface area contributed by atoms with Crippen LogP contribution in [0.1, 0.15) is 42.6 Å². The van der Waals surface area contributed by atoms with Gasteiger partial charge in [0.15, 0.2) is 0 Å². The number of thiophene rings is 1. The number of carbonyl (C=O) groups excluding carboxylic acids is 1. The Hall–Kier alpha value is -1.24. The van der Waals surface area contributed by atoms with E-state index in [1.165, 1.54) is 11.3 Å². The fraction of sp³-hybridized carbons (Fsp3) is 0.467. The van der Waals surface area contributed by atoms with Gasteiger partial charge in [-0.3, -0.25) is 4.79 Å². The highest BCUT2D eigenvalue weighted by atomic mass is 32.1. The molecule has 0 radical (unpaired) electrons. The maximum absolute atomic E-state index is 12.3. The molecule has 1 saturated carbocycles. The molecular formula is C15H18N2O2S2. The molecule has 1 aliphatic carbocycles. The molecule has 0 bridgehead atoms. The first-order valence-electron chi connectivity index (χ1n) is 7.21. The summed E-state index contributed by atoms with van der Waals surface area (Å²) in [6.07, 6.45) is 4.39. The molecule has 2 aromatic rings. The molecular weight excluding hydrogens is 304 g/mol. The number of nitrogens with zero attached hydrogens (tertiary/aromatic N) is 1. The van der Waals surface area contributed by atoms with Gasteiger partial charge in [0.2, 0.25) is 0 Å². The largest absolute Gasteiger partial charge is 0.391 e. The first-order chi connectivity index (χ1) is 10.2. The number of amides is 1. The van der Waals surface area contributed by atoms with E-state index >= 15 is 0 Å². The van der Waals surface area contributed by atoms with Crippen LogP contribution in [0.2, 0.25) is 0 Å². The summed E-state index contributed by atoms with van der Waals surface area (Å²) in [5.41, 5.74) is 1.50. The second-order valence-corrected chi connectivity index (χ2v) is 6.97. The van der Waals surface area contributed by atoms with Crippen molar-refractivity contribution in [3.05, 3.63) is 27.9 Å². The molecule has 21 heavy (non-hydrogen) atoms. The standard InChI is InChI=1S/C15H18N2O2S2/c18-13-5-3-1-2-4-11(13)16-14(19)12-9-21-15(17-12)10-6-7-20-8-10/h6-9,11,13,18H,1-5H2,(H,16,19). The third-order valence-corrected chi connectivity index (χ3v) is 5.38. The lowest BCUT2D eigenvalue weighted by atomic mass is 10.1. The number of aliphatic hydroxyl groups excluding tert-OH is 1. The molecule has 2 heterocycles. The zero-order chi connectivity index (χ0) is 14.7. The first-order valence-corrected chi connectivity index (χ1v) is 9.03. The van der Waals surface area contributed by atoms with Gasteiger partial charge in [-0.25, -0.2) is 4.98 Å². The molecule has 1 amide bonds. The number of hydrogen-bond acceptors (Lipinski definition) is 5. The van der Waals surface area contributed by atoms with Crippen molar-refractivity contribution in [1.82, 2.24) is 10.3 Å². The van der Waals surface area contributed by atoms with Crippen LogP contribution in [0.4, 0.5) is 0 Å². The molecule has 1 fully saturated rings. The van der Waals surface area contributed by atoms with Crippen LogP contribution in [-0.2, 0) is 0 Å². The predicted molar refractivity (Wildman–Crippen MR) is 85.8 cm³/mol. The molecule has 2 aromatic heterocycles. The Kier molecular flexibility index (Phi) is 4.67. The second-order valence-electron chi connectivity index (χ2n) is 5.34. The van der Waals surface area contributed by atoms with Crippen LogP contribution in [0.15, 0.2) is 22.2 Å². The van der Waals surface area contributed by atoms with Gasteiger partial charge in [-0.05, 0) is 24.3 Å². The van der Waals surface area contributed by atoms with E-state index in [2.05, 4.69) is 10.3 Å². The van der Waals surface area contributed by atoms with Gasteiger partial charge in [0.1, 0.15) is 10.7 Å². The Morgan fingerprint density at radius 2 is 2.14 bits per heavy atom. The van der Waals surface area contributed by atoms with Gasteiger partial charge >= 0.3 is 0 Å². The maximum atomic E-state index is 12.3. The number of aromatic nitrogens is 1. The highest BCUT2D eigenvalue weighted by molar-refractivity contribution is 7.14. The molecule has 0 aromatic carbocycles. The molecule has 0 saturated heterocycles. The molecule has 0 aliphatic heterocycles. The molecule has 6 heteroatoms. The van der Waals surface area contributed by atoms with Gasteiger partial charge in [0.05, 0.1) is 12.1 Å². The smallest absolute Gasteiger partial charge is 0.271 e. The summed E-state index contributed by atoms with van der Waals surface area (Å²) >= 11 is 3.09. The van der Waals surface area contributed by atoms with Crippen LogP contribution in [-0.4, -0.2) is 28.1 Å². The van der Waals surface area contributed by atoms with Crippen molar-refractivity contribution < 1.29 is 9.90 Å². The molecule has 2 N–H and O–H groups in total. The van der Waals surface area contributed by atoms with Gasteiger partial charge in [-0.15, -0.1) is 11.3 Å². The zero-order valence-electron chi connectivity index (χ0n) is 11.6. The summed E-state index contributed by atoms with van der Waals surface area (Å²) in [7, 11) is 0. The number of carbonyl (C=O) groups is 1. The quantitative estimate of drug-likeness (QED) is 0.852. The Bertz CT molecular complexity index is 595. The third kappa shape index (κ3) is 3.51. The number of hydrogen-bond donors (Lipinski definition) is 2. The Labute approximate surface area is 131 Å². The Morgan fingerprint density at radius 1 is 1.29 bits per heavy atom. The monoisotopic (exact) mass is 322 g/mol. The predicted octanol–water partition coefficient (Wildman–Crippen LogP) is 3.30. The highest BCUT2D eigenvalue weighted by Crippen LogP contribution is 2.26. The summed E-state index contributed by atoms with van der Waals surface area (Å²) in [4.78, 5) is 16.7. The van der Waals surface area contributed by atoms with Gasteiger partial charge in [0.25, 0.3) is 5.91 Å². The highest BCUT2D eigenvalue weighted by Gasteiger charge is 2.24. The summed E-state index contributed by atoms with van der Waals surface area (Å²) in [6.45, 7) is 0. The van der Waals surface area contributed by atoms with Crippen LogP contribution in [0.3, 0.4) is 0 Å². The molecule has 4 nitrogen and oxygen atoms in total. The van der Waals surface area contributed by atoms with Crippen molar-refractivity contribution in [2.75, 3.05) is 0 Å². The van der Waals surface area contributed by atoms with Gasteiger partial charge in [-0.1, -0.05) is 19.3 Å². The van der Waals surface area contributed by atoms with Crippen molar-refractivity contribution in [3.63, 3.8) is 0 Å². The first kappa shape index (κ1) is 14.7. The zero-order valence-corrected chi connectivity index (χ0v) is 13.3. The van der Waals surface area contributed by atoms with Crippen LogP contribution in [0.5, 0.6) is 0 Å². The van der Waals surface area contributed by atoms with Crippen molar-refractivity contribution in [3.8, 4) is 10.6 Å². The number of rotatable bonds is 3. The van der Waals surface area contributed by atoms with E-state index in [0.717, 1.165) is 42.7 Å². The van der Waals surface area contributed by atoms with E-state index < -0.39 is 6.10 Å². The van der Waals surface area contributed by atoms with E-state index in [0.29, 0.717) is 5.69 Å². The van der Waals surface area contributed by atoms with E-state index in [1.807, 2.05) is 16.8 Å². The van der Waals surface area contributed by atoms with Crippen LogP contribution < -0.4 is 5.32 Å².